The topological polar surface area (TPSA) is 12.0 Å². The Morgan fingerprint density at radius 2 is 1.75 bits per heavy atom. The van der Waals surface area contributed by atoms with Crippen molar-refractivity contribution in [2.24, 2.45) is 0 Å². The predicted molar refractivity (Wildman–Crippen MR) is 66.4 cm³/mol. The third-order valence-electron chi connectivity index (χ3n) is 2.32. The monoisotopic (exact) mass is 273 g/mol. The van der Waals surface area contributed by atoms with E-state index in [1.165, 1.54) is 9.79 Å². The molecule has 2 aromatic rings. The second kappa shape index (κ2) is 5.44. The summed E-state index contributed by atoms with van der Waals surface area (Å²) in [6.45, 7) is 0. The predicted octanol–water partition coefficient (Wildman–Crippen LogP) is 1.66. The molecule has 0 aromatic heterocycles. The Bertz CT molecular complexity index is 536. The standard InChI is InChI=1S/C12H8ClNS.K.H/c13-8-5-6-12-10(7-8)14-9-3-1-2-4-11(9)15-12;;/h1-7,14H;;/q;+1;-1. The molecule has 0 atom stereocenters. The van der Waals surface area contributed by atoms with Crippen LogP contribution in [0.1, 0.15) is 1.43 Å². The summed E-state index contributed by atoms with van der Waals surface area (Å²) in [5.41, 5.74) is 2.24. The number of para-hydroxylation sites is 1. The second-order valence-electron chi connectivity index (χ2n) is 3.36. The van der Waals surface area contributed by atoms with Gasteiger partial charge in [-0.25, -0.2) is 0 Å². The van der Waals surface area contributed by atoms with Crippen molar-refractivity contribution in [2.75, 3.05) is 5.32 Å². The second-order valence-corrected chi connectivity index (χ2v) is 4.88. The largest absolute Gasteiger partial charge is 1.00 e. The van der Waals surface area contributed by atoms with Crippen LogP contribution >= 0.6 is 23.4 Å². The van der Waals surface area contributed by atoms with E-state index in [4.69, 9.17) is 11.6 Å². The zero-order chi connectivity index (χ0) is 10.3. The molecule has 0 saturated carbocycles. The number of nitrogens with one attached hydrogen (secondary N) is 1. The third kappa shape index (κ3) is 2.51. The number of hydrogen-bond donors (Lipinski definition) is 1. The van der Waals surface area contributed by atoms with Gasteiger partial charge >= 0.3 is 51.4 Å². The van der Waals surface area contributed by atoms with Gasteiger partial charge in [0, 0.05) is 14.8 Å². The Kier molecular flexibility index (Phi) is 4.41. The fourth-order valence-corrected chi connectivity index (χ4v) is 2.75. The molecule has 1 N–H and O–H groups in total. The van der Waals surface area contributed by atoms with Crippen LogP contribution in [-0.2, 0) is 0 Å². The molecule has 1 aliphatic heterocycles. The van der Waals surface area contributed by atoms with E-state index in [1.54, 1.807) is 11.8 Å². The van der Waals surface area contributed by atoms with Crippen molar-refractivity contribution in [3.8, 4) is 0 Å². The minimum absolute atomic E-state index is 0. The average Bonchev–Trinajstić information content (AvgIpc) is 2.26. The number of benzene rings is 2. The SMILES string of the molecule is Clc1ccc2c(c1)Nc1ccccc1S2.[H-].[K+]. The Labute approximate surface area is 148 Å². The van der Waals surface area contributed by atoms with Crippen LogP contribution in [-0.4, -0.2) is 0 Å². The maximum atomic E-state index is 5.95. The van der Waals surface area contributed by atoms with Crippen molar-refractivity contribution < 1.29 is 52.8 Å². The first kappa shape index (κ1) is 13.0. The van der Waals surface area contributed by atoms with Crippen molar-refractivity contribution in [3.05, 3.63) is 47.5 Å². The van der Waals surface area contributed by atoms with E-state index in [1.807, 2.05) is 24.3 Å². The van der Waals surface area contributed by atoms with Gasteiger partial charge in [0.15, 0.2) is 0 Å². The molecular formula is C12H9ClKNS. The zero-order valence-electron chi connectivity index (χ0n) is 9.83. The number of fused-ring (bicyclic) bond motifs is 2. The first-order chi connectivity index (χ1) is 7.33. The Morgan fingerprint density at radius 3 is 2.62 bits per heavy atom. The molecule has 4 heteroatoms. The fraction of sp³-hybridized carbons (Fsp3) is 0. The molecule has 3 rings (SSSR count). The van der Waals surface area contributed by atoms with Gasteiger partial charge in [-0.2, -0.15) is 0 Å². The molecule has 0 bridgehead atoms. The van der Waals surface area contributed by atoms with Gasteiger partial charge in [0.2, 0.25) is 0 Å². The van der Waals surface area contributed by atoms with Gasteiger partial charge in [-0.05, 0) is 30.3 Å². The minimum Gasteiger partial charge on any atom is -1.00 e. The molecule has 0 aliphatic carbocycles. The quantitative estimate of drug-likeness (QED) is 0.626. The molecule has 2 aromatic carbocycles. The smallest absolute Gasteiger partial charge is 1.00 e. The van der Waals surface area contributed by atoms with Crippen LogP contribution in [0.15, 0.2) is 52.3 Å². The summed E-state index contributed by atoms with van der Waals surface area (Å²) in [4.78, 5) is 2.48. The summed E-state index contributed by atoms with van der Waals surface area (Å²) < 4.78 is 0. The van der Waals surface area contributed by atoms with Crippen molar-refractivity contribution in [2.45, 2.75) is 9.79 Å². The Hall–Kier alpha value is 0.516. The van der Waals surface area contributed by atoms with E-state index in [2.05, 4.69) is 23.5 Å². The van der Waals surface area contributed by atoms with Gasteiger partial charge in [0.1, 0.15) is 0 Å². The number of halogens is 1. The van der Waals surface area contributed by atoms with Gasteiger partial charge in [0.25, 0.3) is 0 Å². The molecule has 16 heavy (non-hydrogen) atoms. The molecule has 1 nitrogen and oxygen atoms in total. The minimum atomic E-state index is 0. The normalized spacial score (nSPS) is 11.8. The van der Waals surface area contributed by atoms with E-state index in [-0.39, 0.29) is 52.8 Å². The molecule has 0 saturated heterocycles. The van der Waals surface area contributed by atoms with Crippen LogP contribution in [0.25, 0.3) is 0 Å². The van der Waals surface area contributed by atoms with Crippen molar-refractivity contribution >= 4 is 34.7 Å². The molecule has 76 valence electrons. The van der Waals surface area contributed by atoms with Gasteiger partial charge in [-0.15, -0.1) is 0 Å². The van der Waals surface area contributed by atoms with Crippen LogP contribution in [0.3, 0.4) is 0 Å². The van der Waals surface area contributed by atoms with Crippen LogP contribution in [0, 0.1) is 0 Å². The Morgan fingerprint density at radius 1 is 1.00 bits per heavy atom. The van der Waals surface area contributed by atoms with E-state index in [0.29, 0.717) is 0 Å². The first-order valence-corrected chi connectivity index (χ1v) is 5.86. The number of hydrogen-bond acceptors (Lipinski definition) is 2. The summed E-state index contributed by atoms with van der Waals surface area (Å²) in [5, 5.41) is 4.14. The van der Waals surface area contributed by atoms with Crippen molar-refractivity contribution in [1.82, 2.24) is 0 Å². The molecule has 0 amide bonds. The van der Waals surface area contributed by atoms with E-state index < -0.39 is 0 Å². The average molecular weight is 274 g/mol. The van der Waals surface area contributed by atoms with Gasteiger partial charge in [-0.1, -0.05) is 35.5 Å². The summed E-state index contributed by atoms with van der Waals surface area (Å²) in [6.07, 6.45) is 0. The summed E-state index contributed by atoms with van der Waals surface area (Å²) in [6, 6.07) is 14.2. The maximum Gasteiger partial charge on any atom is 1.00 e. The fourth-order valence-electron chi connectivity index (χ4n) is 1.61. The molecule has 0 radical (unpaired) electrons. The van der Waals surface area contributed by atoms with E-state index in [0.717, 1.165) is 16.4 Å². The molecule has 0 spiro atoms. The maximum absolute atomic E-state index is 5.95. The molecular weight excluding hydrogens is 265 g/mol. The molecule has 0 fully saturated rings. The zero-order valence-corrected chi connectivity index (χ0v) is 13.5. The van der Waals surface area contributed by atoms with Crippen LogP contribution < -0.4 is 56.7 Å². The third-order valence-corrected chi connectivity index (χ3v) is 3.70. The van der Waals surface area contributed by atoms with Crippen LogP contribution in [0.5, 0.6) is 0 Å². The van der Waals surface area contributed by atoms with Crippen molar-refractivity contribution in [3.63, 3.8) is 0 Å². The summed E-state index contributed by atoms with van der Waals surface area (Å²) in [7, 11) is 0. The molecule has 1 heterocycles. The summed E-state index contributed by atoms with van der Waals surface area (Å²) >= 11 is 7.72. The van der Waals surface area contributed by atoms with Gasteiger partial charge < -0.3 is 6.74 Å². The number of rotatable bonds is 0. The van der Waals surface area contributed by atoms with Crippen LogP contribution in [0.4, 0.5) is 11.4 Å². The first-order valence-electron chi connectivity index (χ1n) is 4.66. The summed E-state index contributed by atoms with van der Waals surface area (Å²) in [5.74, 6) is 0. The Balaban J connectivity index is 0.000000722. The molecule has 0 unspecified atom stereocenters. The van der Waals surface area contributed by atoms with E-state index in [9.17, 15) is 0 Å². The van der Waals surface area contributed by atoms with Gasteiger partial charge in [-0.3, -0.25) is 0 Å². The number of anilines is 2. The van der Waals surface area contributed by atoms with Crippen molar-refractivity contribution in [1.29, 1.82) is 0 Å². The van der Waals surface area contributed by atoms with Crippen LogP contribution in [0.2, 0.25) is 5.02 Å². The molecule has 1 aliphatic rings. The van der Waals surface area contributed by atoms with Gasteiger partial charge in [0.05, 0.1) is 11.4 Å². The van der Waals surface area contributed by atoms with E-state index >= 15 is 0 Å².